The second-order valence-electron chi connectivity index (χ2n) is 1.49. The summed E-state index contributed by atoms with van der Waals surface area (Å²) in [6.07, 6.45) is 2.61. The lowest BCUT2D eigenvalue weighted by atomic mass is 10.5. The topological polar surface area (TPSA) is 38.7 Å². The number of rotatable bonds is 0. The van der Waals surface area contributed by atoms with Crippen LogP contribution in [0.1, 0.15) is 5.69 Å². The maximum atomic E-state index is 5.45. The third-order valence-corrected chi connectivity index (χ3v) is 1.35. The van der Waals surface area contributed by atoms with Crippen molar-refractivity contribution in [2.75, 3.05) is 0 Å². The van der Waals surface area contributed by atoms with Gasteiger partial charge in [0.25, 0.3) is 0 Å². The Labute approximate surface area is 72.3 Å². The van der Waals surface area contributed by atoms with Crippen molar-refractivity contribution in [2.24, 2.45) is 0 Å². The Balaban J connectivity index is 2.97. The van der Waals surface area contributed by atoms with Gasteiger partial charge < -0.3 is 0 Å². The molecule has 0 radical (unpaired) electrons. The first-order valence-corrected chi connectivity index (χ1v) is 3.44. The predicted molar refractivity (Wildman–Crippen MR) is 39.1 cm³/mol. The average molecular weight is 198 g/mol. The first-order valence-electron chi connectivity index (χ1n) is 2.30. The van der Waals surface area contributed by atoms with E-state index in [9.17, 15) is 0 Å². The Hall–Kier alpha value is -0.120. The van der Waals surface area contributed by atoms with Crippen molar-refractivity contribution in [1.29, 1.82) is 0 Å². The first kappa shape index (κ1) is 7.98. The maximum absolute atomic E-state index is 5.45. The molecule has 0 spiro atoms. The zero-order valence-corrected chi connectivity index (χ0v) is 6.90. The lowest BCUT2D eigenvalue weighted by Crippen LogP contribution is -2.04. The van der Waals surface area contributed by atoms with Crippen LogP contribution < -0.4 is 0 Å². The highest BCUT2D eigenvalue weighted by atomic mass is 35.6. The zero-order chi connectivity index (χ0) is 7.61. The molecule has 0 unspecified atom stereocenters. The Morgan fingerprint density at radius 2 is 2.00 bits per heavy atom. The molecule has 1 aromatic heterocycles. The fraction of sp³-hybridized carbons (Fsp3) is 0.250. The number of hydrogen-bond donors (Lipinski definition) is 0. The molecule has 0 aromatic carbocycles. The molecule has 1 aromatic rings. The molecule has 1 rings (SSSR count). The number of nitrogens with zero attached hydrogens (tertiary/aromatic N) is 3. The van der Waals surface area contributed by atoms with Crippen LogP contribution in [0.5, 0.6) is 0 Å². The van der Waals surface area contributed by atoms with Gasteiger partial charge >= 0.3 is 0 Å². The van der Waals surface area contributed by atoms with Crippen LogP contribution in [0.4, 0.5) is 0 Å². The predicted octanol–water partition coefficient (Wildman–Crippen LogP) is 1.70. The van der Waals surface area contributed by atoms with Crippen LogP contribution in [0, 0.1) is 0 Å². The highest BCUT2D eigenvalue weighted by molar-refractivity contribution is 6.66. The van der Waals surface area contributed by atoms with E-state index in [2.05, 4.69) is 15.2 Å². The van der Waals surface area contributed by atoms with Crippen LogP contribution in [0.3, 0.4) is 0 Å². The SMILES string of the molecule is ClC(Cl)(Cl)c1cncnn1. The van der Waals surface area contributed by atoms with Crippen molar-refractivity contribution in [3.05, 3.63) is 18.2 Å². The third-order valence-electron chi connectivity index (χ3n) is 0.771. The van der Waals surface area contributed by atoms with Crippen molar-refractivity contribution in [3.8, 4) is 0 Å². The molecule has 0 aliphatic heterocycles. The molecular weight excluding hydrogens is 196 g/mol. The van der Waals surface area contributed by atoms with Gasteiger partial charge in [0.15, 0.2) is 0 Å². The standard InChI is InChI=1S/C4H2Cl3N3/c5-4(6,7)3-1-8-2-9-10-3/h1-2H. The van der Waals surface area contributed by atoms with Crippen LogP contribution in [0.2, 0.25) is 0 Å². The molecule has 6 heteroatoms. The molecule has 0 N–H and O–H groups in total. The molecule has 0 amide bonds. The summed E-state index contributed by atoms with van der Waals surface area (Å²) in [5, 5.41) is 6.98. The molecule has 0 aliphatic carbocycles. The number of halogens is 3. The molecule has 0 aliphatic rings. The summed E-state index contributed by atoms with van der Waals surface area (Å²) in [5.74, 6) is 0. The summed E-state index contributed by atoms with van der Waals surface area (Å²) in [6, 6.07) is 0. The number of aromatic nitrogens is 3. The van der Waals surface area contributed by atoms with E-state index in [1.165, 1.54) is 12.5 Å². The van der Waals surface area contributed by atoms with Crippen molar-refractivity contribution in [3.63, 3.8) is 0 Å². The van der Waals surface area contributed by atoms with Gasteiger partial charge in [-0.15, -0.1) is 10.2 Å². The summed E-state index contributed by atoms with van der Waals surface area (Å²) in [5.41, 5.74) is 0.222. The van der Waals surface area contributed by atoms with E-state index in [0.29, 0.717) is 0 Å². The molecule has 54 valence electrons. The van der Waals surface area contributed by atoms with E-state index < -0.39 is 3.79 Å². The van der Waals surface area contributed by atoms with Crippen molar-refractivity contribution in [1.82, 2.24) is 15.2 Å². The Bertz CT molecular complexity index is 207. The quantitative estimate of drug-likeness (QED) is 0.596. The fourth-order valence-corrected chi connectivity index (χ4v) is 0.637. The van der Waals surface area contributed by atoms with Gasteiger partial charge in [0.1, 0.15) is 12.0 Å². The van der Waals surface area contributed by atoms with E-state index in [-0.39, 0.29) is 5.69 Å². The molecular formula is C4H2Cl3N3. The molecule has 0 atom stereocenters. The summed E-state index contributed by atoms with van der Waals surface area (Å²) >= 11 is 16.3. The molecule has 3 nitrogen and oxygen atoms in total. The lowest BCUT2D eigenvalue weighted by Gasteiger charge is -2.06. The normalized spacial score (nSPS) is 11.5. The minimum absolute atomic E-state index is 0.222. The smallest absolute Gasteiger partial charge is 0.235 e. The highest BCUT2D eigenvalue weighted by Crippen LogP contribution is 2.35. The van der Waals surface area contributed by atoms with Gasteiger partial charge in [0, 0.05) is 0 Å². The van der Waals surface area contributed by atoms with Gasteiger partial charge in [0.05, 0.1) is 6.20 Å². The minimum Gasteiger partial charge on any atom is -0.241 e. The van der Waals surface area contributed by atoms with E-state index in [4.69, 9.17) is 34.8 Å². The van der Waals surface area contributed by atoms with Crippen LogP contribution in [0.15, 0.2) is 12.5 Å². The van der Waals surface area contributed by atoms with E-state index in [0.717, 1.165) is 0 Å². The molecule has 0 saturated heterocycles. The van der Waals surface area contributed by atoms with Crippen molar-refractivity contribution < 1.29 is 0 Å². The molecule has 0 fully saturated rings. The molecule has 0 bridgehead atoms. The van der Waals surface area contributed by atoms with Gasteiger partial charge in [-0.1, -0.05) is 34.8 Å². The summed E-state index contributed by atoms with van der Waals surface area (Å²) in [6.45, 7) is 0. The minimum atomic E-state index is -1.53. The fourth-order valence-electron chi connectivity index (χ4n) is 0.377. The largest absolute Gasteiger partial charge is 0.241 e. The summed E-state index contributed by atoms with van der Waals surface area (Å²) < 4.78 is -1.53. The summed E-state index contributed by atoms with van der Waals surface area (Å²) in [7, 11) is 0. The van der Waals surface area contributed by atoms with Crippen LogP contribution in [-0.2, 0) is 3.79 Å². The maximum Gasteiger partial charge on any atom is 0.235 e. The number of alkyl halides is 3. The van der Waals surface area contributed by atoms with E-state index in [1.807, 2.05) is 0 Å². The van der Waals surface area contributed by atoms with Crippen molar-refractivity contribution >= 4 is 34.8 Å². The van der Waals surface area contributed by atoms with Gasteiger partial charge in [-0.2, -0.15) is 0 Å². The van der Waals surface area contributed by atoms with Gasteiger partial charge in [-0.3, -0.25) is 0 Å². The second-order valence-corrected chi connectivity index (χ2v) is 3.77. The third kappa shape index (κ3) is 1.94. The van der Waals surface area contributed by atoms with Gasteiger partial charge in [-0.05, 0) is 0 Å². The Morgan fingerprint density at radius 3 is 2.30 bits per heavy atom. The zero-order valence-electron chi connectivity index (χ0n) is 4.63. The molecule has 10 heavy (non-hydrogen) atoms. The number of hydrogen-bond acceptors (Lipinski definition) is 3. The monoisotopic (exact) mass is 197 g/mol. The van der Waals surface area contributed by atoms with Crippen molar-refractivity contribution in [2.45, 2.75) is 3.79 Å². The van der Waals surface area contributed by atoms with Crippen LogP contribution >= 0.6 is 34.8 Å². The van der Waals surface area contributed by atoms with E-state index >= 15 is 0 Å². The Morgan fingerprint density at radius 1 is 1.30 bits per heavy atom. The highest BCUT2D eigenvalue weighted by Gasteiger charge is 2.24. The van der Waals surface area contributed by atoms with Crippen LogP contribution in [-0.4, -0.2) is 15.2 Å². The second kappa shape index (κ2) is 2.86. The lowest BCUT2D eigenvalue weighted by molar-refractivity contribution is 0.889. The summed E-state index contributed by atoms with van der Waals surface area (Å²) in [4.78, 5) is 3.62. The van der Waals surface area contributed by atoms with Gasteiger partial charge in [0.2, 0.25) is 3.79 Å². The average Bonchev–Trinajstić information content (AvgIpc) is 1.88. The first-order chi connectivity index (χ1) is 4.61. The molecule has 1 heterocycles. The Kier molecular flexibility index (Phi) is 2.28. The molecule has 0 saturated carbocycles. The van der Waals surface area contributed by atoms with E-state index in [1.54, 1.807) is 0 Å². The van der Waals surface area contributed by atoms with Gasteiger partial charge in [-0.25, -0.2) is 4.98 Å². The van der Waals surface area contributed by atoms with Crippen LogP contribution in [0.25, 0.3) is 0 Å².